The largest absolute Gasteiger partial charge is 0.482 e. The van der Waals surface area contributed by atoms with Gasteiger partial charge >= 0.3 is 0 Å². The summed E-state index contributed by atoms with van der Waals surface area (Å²) in [5, 5.41) is 2.74. The Morgan fingerprint density at radius 1 is 1.59 bits per heavy atom. The molecular formula is C12H13ClFNO2. The van der Waals surface area contributed by atoms with Crippen LogP contribution in [0.15, 0.2) is 30.4 Å². The zero-order valence-corrected chi connectivity index (χ0v) is 10.2. The lowest BCUT2D eigenvalue weighted by Crippen LogP contribution is -2.30. The van der Waals surface area contributed by atoms with Gasteiger partial charge in [0, 0.05) is 6.54 Å². The van der Waals surface area contributed by atoms with E-state index >= 15 is 0 Å². The lowest BCUT2D eigenvalue weighted by Gasteiger charge is -2.08. The third kappa shape index (κ3) is 4.87. The molecule has 1 amide bonds. The standard InChI is InChI=1S/C12H13ClFNO2/c1-8(2)6-15-12(16)7-17-11-4-3-9(14)5-10(11)13/h3-5H,1,6-7H2,2H3,(H,15,16). The summed E-state index contributed by atoms with van der Waals surface area (Å²) in [5.74, 6) is -0.457. The lowest BCUT2D eigenvalue weighted by molar-refractivity contribution is -0.122. The Kier molecular flexibility index (Phi) is 4.97. The van der Waals surface area contributed by atoms with E-state index in [0.29, 0.717) is 6.54 Å². The van der Waals surface area contributed by atoms with Gasteiger partial charge in [-0.1, -0.05) is 23.8 Å². The molecule has 0 aliphatic carbocycles. The number of amides is 1. The van der Waals surface area contributed by atoms with E-state index in [1.165, 1.54) is 12.1 Å². The molecule has 0 unspecified atom stereocenters. The first-order valence-electron chi connectivity index (χ1n) is 4.98. The highest BCUT2D eigenvalue weighted by Gasteiger charge is 2.06. The summed E-state index contributed by atoms with van der Waals surface area (Å²) in [4.78, 5) is 11.3. The highest BCUT2D eigenvalue weighted by atomic mass is 35.5. The molecule has 1 N–H and O–H groups in total. The predicted octanol–water partition coefficient (Wildman–Crippen LogP) is 2.55. The minimum Gasteiger partial charge on any atom is -0.482 e. The maximum absolute atomic E-state index is 12.7. The highest BCUT2D eigenvalue weighted by Crippen LogP contribution is 2.24. The van der Waals surface area contributed by atoms with Crippen LogP contribution < -0.4 is 10.1 Å². The molecule has 1 aromatic carbocycles. The minimum atomic E-state index is -0.450. The average molecular weight is 258 g/mol. The summed E-state index contributed by atoms with van der Waals surface area (Å²) >= 11 is 5.73. The Labute approximate surface area is 104 Å². The second kappa shape index (κ2) is 6.25. The lowest BCUT2D eigenvalue weighted by atomic mass is 10.3. The van der Waals surface area contributed by atoms with Crippen LogP contribution in [-0.4, -0.2) is 19.1 Å². The minimum absolute atomic E-state index is 0.137. The van der Waals surface area contributed by atoms with Crippen molar-refractivity contribution in [1.29, 1.82) is 0 Å². The molecule has 3 nitrogen and oxygen atoms in total. The van der Waals surface area contributed by atoms with Gasteiger partial charge in [0.05, 0.1) is 5.02 Å². The topological polar surface area (TPSA) is 38.3 Å². The summed E-state index contributed by atoms with van der Waals surface area (Å²) in [6.07, 6.45) is 0. The van der Waals surface area contributed by atoms with Gasteiger partial charge in [0.1, 0.15) is 11.6 Å². The SMILES string of the molecule is C=C(C)CNC(=O)COc1ccc(F)cc1Cl. The van der Waals surface area contributed by atoms with E-state index in [-0.39, 0.29) is 23.3 Å². The molecule has 17 heavy (non-hydrogen) atoms. The zero-order chi connectivity index (χ0) is 12.8. The van der Waals surface area contributed by atoms with Crippen LogP contribution in [0.3, 0.4) is 0 Å². The van der Waals surface area contributed by atoms with Crippen LogP contribution in [0.25, 0.3) is 0 Å². The molecule has 0 atom stereocenters. The molecular weight excluding hydrogens is 245 g/mol. The van der Waals surface area contributed by atoms with Crippen LogP contribution in [0.1, 0.15) is 6.92 Å². The van der Waals surface area contributed by atoms with Crippen molar-refractivity contribution in [3.8, 4) is 5.75 Å². The molecule has 0 heterocycles. The Hall–Kier alpha value is -1.55. The van der Waals surface area contributed by atoms with E-state index in [2.05, 4.69) is 11.9 Å². The molecule has 0 saturated carbocycles. The van der Waals surface area contributed by atoms with E-state index in [0.717, 1.165) is 11.6 Å². The fraction of sp³-hybridized carbons (Fsp3) is 0.250. The number of rotatable bonds is 5. The maximum atomic E-state index is 12.7. The molecule has 92 valence electrons. The number of carbonyl (C=O) groups is 1. The van der Waals surface area contributed by atoms with E-state index in [1.54, 1.807) is 6.92 Å². The van der Waals surface area contributed by atoms with Crippen molar-refractivity contribution in [1.82, 2.24) is 5.32 Å². The van der Waals surface area contributed by atoms with Gasteiger partial charge in [-0.15, -0.1) is 0 Å². The number of ether oxygens (including phenoxy) is 1. The molecule has 1 aromatic rings. The van der Waals surface area contributed by atoms with Crippen molar-refractivity contribution in [3.63, 3.8) is 0 Å². The first kappa shape index (κ1) is 13.5. The number of nitrogens with one attached hydrogen (secondary N) is 1. The van der Waals surface area contributed by atoms with Crippen LogP contribution >= 0.6 is 11.6 Å². The number of hydrogen-bond donors (Lipinski definition) is 1. The van der Waals surface area contributed by atoms with E-state index in [1.807, 2.05) is 0 Å². The highest BCUT2D eigenvalue weighted by molar-refractivity contribution is 6.32. The molecule has 0 saturated heterocycles. The van der Waals surface area contributed by atoms with Gasteiger partial charge in [-0.05, 0) is 25.1 Å². The molecule has 0 spiro atoms. The van der Waals surface area contributed by atoms with Crippen molar-refractivity contribution in [2.24, 2.45) is 0 Å². The third-order valence-electron chi connectivity index (χ3n) is 1.84. The second-order valence-corrected chi connectivity index (χ2v) is 4.00. The summed E-state index contributed by atoms with van der Waals surface area (Å²) in [6, 6.07) is 3.72. The van der Waals surface area contributed by atoms with Gasteiger partial charge in [0.15, 0.2) is 6.61 Å². The molecule has 0 radical (unpaired) electrons. The molecule has 0 aromatic heterocycles. The molecule has 5 heteroatoms. The number of halogens is 2. The molecule has 0 bridgehead atoms. The van der Waals surface area contributed by atoms with Crippen molar-refractivity contribution < 1.29 is 13.9 Å². The molecule has 0 fully saturated rings. The van der Waals surface area contributed by atoms with E-state index in [4.69, 9.17) is 16.3 Å². The Bertz CT molecular complexity index is 435. The first-order valence-corrected chi connectivity index (χ1v) is 5.36. The van der Waals surface area contributed by atoms with Gasteiger partial charge < -0.3 is 10.1 Å². The second-order valence-electron chi connectivity index (χ2n) is 3.60. The fourth-order valence-corrected chi connectivity index (χ4v) is 1.26. The van der Waals surface area contributed by atoms with Crippen LogP contribution in [-0.2, 0) is 4.79 Å². The first-order chi connectivity index (χ1) is 7.99. The van der Waals surface area contributed by atoms with Gasteiger partial charge in [0.25, 0.3) is 5.91 Å². The number of benzene rings is 1. The predicted molar refractivity (Wildman–Crippen MR) is 64.7 cm³/mol. The van der Waals surface area contributed by atoms with Crippen LogP contribution in [0, 0.1) is 5.82 Å². The van der Waals surface area contributed by atoms with Crippen molar-refractivity contribution in [3.05, 3.63) is 41.2 Å². The van der Waals surface area contributed by atoms with Gasteiger partial charge in [-0.2, -0.15) is 0 Å². The number of carbonyl (C=O) groups excluding carboxylic acids is 1. The summed E-state index contributed by atoms with van der Waals surface area (Å²) in [7, 11) is 0. The zero-order valence-electron chi connectivity index (χ0n) is 9.43. The summed E-state index contributed by atoms with van der Waals surface area (Å²) < 4.78 is 17.9. The van der Waals surface area contributed by atoms with Gasteiger partial charge in [0.2, 0.25) is 0 Å². The van der Waals surface area contributed by atoms with E-state index in [9.17, 15) is 9.18 Å². The smallest absolute Gasteiger partial charge is 0.258 e. The van der Waals surface area contributed by atoms with Gasteiger partial charge in [-0.3, -0.25) is 4.79 Å². The quantitative estimate of drug-likeness (QED) is 0.824. The Morgan fingerprint density at radius 2 is 2.29 bits per heavy atom. The van der Waals surface area contributed by atoms with Crippen molar-refractivity contribution in [2.45, 2.75) is 6.92 Å². The monoisotopic (exact) mass is 257 g/mol. The molecule has 0 aliphatic heterocycles. The van der Waals surface area contributed by atoms with Crippen molar-refractivity contribution >= 4 is 17.5 Å². The van der Waals surface area contributed by atoms with Gasteiger partial charge in [-0.25, -0.2) is 4.39 Å². The Morgan fingerprint density at radius 3 is 2.88 bits per heavy atom. The molecule has 0 aliphatic rings. The fourth-order valence-electron chi connectivity index (χ4n) is 1.04. The maximum Gasteiger partial charge on any atom is 0.258 e. The number of hydrogen-bond acceptors (Lipinski definition) is 2. The average Bonchev–Trinajstić information content (AvgIpc) is 2.25. The van der Waals surface area contributed by atoms with Crippen LogP contribution in [0.4, 0.5) is 4.39 Å². The van der Waals surface area contributed by atoms with Crippen molar-refractivity contribution in [2.75, 3.05) is 13.2 Å². The summed E-state index contributed by atoms with van der Waals surface area (Å²) in [5.41, 5.74) is 0.846. The molecule has 1 rings (SSSR count). The van der Waals surface area contributed by atoms with Crippen LogP contribution in [0.5, 0.6) is 5.75 Å². The third-order valence-corrected chi connectivity index (χ3v) is 2.14. The van der Waals surface area contributed by atoms with Crippen LogP contribution in [0.2, 0.25) is 5.02 Å². The van der Waals surface area contributed by atoms with E-state index < -0.39 is 5.82 Å². The Balaban J connectivity index is 2.44. The normalized spacial score (nSPS) is 9.82. The summed E-state index contributed by atoms with van der Waals surface area (Å²) in [6.45, 7) is 5.69.